The minimum absolute atomic E-state index is 0.350. The molecule has 4 heteroatoms. The molecule has 2 atom stereocenters. The Kier molecular flexibility index (Phi) is 2.46. The van der Waals surface area contributed by atoms with Crippen molar-refractivity contribution in [3.05, 3.63) is 0 Å². The SMILES string of the molecule is COC(=O)[C@H]1[C@H](O)CCN1C. The van der Waals surface area contributed by atoms with Crippen molar-refractivity contribution in [3.63, 3.8) is 0 Å². The summed E-state index contributed by atoms with van der Waals surface area (Å²) in [5, 5.41) is 9.32. The van der Waals surface area contributed by atoms with Crippen LogP contribution in [-0.2, 0) is 9.53 Å². The molecule has 1 aliphatic rings. The van der Waals surface area contributed by atoms with E-state index in [4.69, 9.17) is 0 Å². The van der Waals surface area contributed by atoms with Crippen LogP contribution in [0.15, 0.2) is 0 Å². The molecule has 0 amide bonds. The van der Waals surface area contributed by atoms with Crippen LogP contribution < -0.4 is 0 Å². The number of rotatable bonds is 1. The number of aliphatic hydroxyl groups excluding tert-OH is 1. The molecule has 0 spiro atoms. The molecule has 0 unspecified atom stereocenters. The molecule has 1 N–H and O–H groups in total. The maximum absolute atomic E-state index is 11.0. The highest BCUT2D eigenvalue weighted by atomic mass is 16.5. The Morgan fingerprint density at radius 1 is 1.73 bits per heavy atom. The molecule has 0 aromatic rings. The fraction of sp³-hybridized carbons (Fsp3) is 0.857. The van der Waals surface area contributed by atoms with Gasteiger partial charge >= 0.3 is 5.97 Å². The fourth-order valence-corrected chi connectivity index (χ4v) is 1.38. The van der Waals surface area contributed by atoms with Gasteiger partial charge in [0.05, 0.1) is 13.2 Å². The van der Waals surface area contributed by atoms with Crippen molar-refractivity contribution >= 4 is 5.97 Å². The van der Waals surface area contributed by atoms with Gasteiger partial charge in [0.15, 0.2) is 0 Å². The van der Waals surface area contributed by atoms with Crippen LogP contribution in [0.25, 0.3) is 0 Å². The fourth-order valence-electron chi connectivity index (χ4n) is 1.38. The summed E-state index contributed by atoms with van der Waals surface area (Å²) >= 11 is 0. The van der Waals surface area contributed by atoms with Gasteiger partial charge in [0, 0.05) is 6.54 Å². The van der Waals surface area contributed by atoms with Crippen molar-refractivity contribution in [3.8, 4) is 0 Å². The van der Waals surface area contributed by atoms with E-state index in [2.05, 4.69) is 4.74 Å². The van der Waals surface area contributed by atoms with Gasteiger partial charge in [-0.15, -0.1) is 0 Å². The van der Waals surface area contributed by atoms with E-state index in [1.165, 1.54) is 7.11 Å². The number of hydrogen-bond donors (Lipinski definition) is 1. The second kappa shape index (κ2) is 3.19. The van der Waals surface area contributed by atoms with Crippen molar-refractivity contribution in [1.82, 2.24) is 4.90 Å². The maximum Gasteiger partial charge on any atom is 0.325 e. The Morgan fingerprint density at radius 3 is 2.73 bits per heavy atom. The second-order valence-electron chi connectivity index (χ2n) is 2.80. The number of carbonyl (C=O) groups is 1. The Morgan fingerprint density at radius 2 is 2.36 bits per heavy atom. The normalized spacial score (nSPS) is 32.3. The number of nitrogens with zero attached hydrogens (tertiary/aromatic N) is 1. The van der Waals surface area contributed by atoms with Gasteiger partial charge in [-0.1, -0.05) is 0 Å². The van der Waals surface area contributed by atoms with E-state index in [0.717, 1.165) is 6.54 Å². The topological polar surface area (TPSA) is 49.8 Å². The van der Waals surface area contributed by atoms with Crippen molar-refractivity contribution in [2.24, 2.45) is 0 Å². The van der Waals surface area contributed by atoms with Gasteiger partial charge in [-0.25, -0.2) is 0 Å². The molecule has 4 nitrogen and oxygen atoms in total. The molecule has 0 saturated carbocycles. The first-order valence-electron chi connectivity index (χ1n) is 3.63. The predicted molar refractivity (Wildman–Crippen MR) is 39.1 cm³/mol. The smallest absolute Gasteiger partial charge is 0.325 e. The summed E-state index contributed by atoms with van der Waals surface area (Å²) in [4.78, 5) is 12.8. The van der Waals surface area contributed by atoms with Crippen molar-refractivity contribution in [2.45, 2.75) is 18.6 Å². The molecule has 0 aromatic carbocycles. The van der Waals surface area contributed by atoms with Crippen molar-refractivity contribution in [1.29, 1.82) is 0 Å². The molecule has 11 heavy (non-hydrogen) atoms. The summed E-state index contributed by atoms with van der Waals surface area (Å²) in [5.41, 5.74) is 0. The molecule has 1 saturated heterocycles. The average Bonchev–Trinajstić information content (AvgIpc) is 2.30. The maximum atomic E-state index is 11.0. The lowest BCUT2D eigenvalue weighted by atomic mass is 10.2. The Hall–Kier alpha value is -0.610. The summed E-state index contributed by atoms with van der Waals surface area (Å²) in [6.07, 6.45) is 0.0865. The lowest BCUT2D eigenvalue weighted by Gasteiger charge is -2.18. The van der Waals surface area contributed by atoms with Crippen LogP contribution in [0.4, 0.5) is 0 Å². The number of likely N-dealkylation sites (N-methyl/N-ethyl adjacent to an activating group) is 1. The molecule has 1 aliphatic heterocycles. The molecular weight excluding hydrogens is 146 g/mol. The quantitative estimate of drug-likeness (QED) is 0.510. The molecule has 0 aromatic heterocycles. The lowest BCUT2D eigenvalue weighted by Crippen LogP contribution is -2.40. The largest absolute Gasteiger partial charge is 0.468 e. The van der Waals surface area contributed by atoms with Crippen LogP contribution in [0.3, 0.4) is 0 Å². The third-order valence-electron chi connectivity index (χ3n) is 2.06. The highest BCUT2D eigenvalue weighted by Crippen LogP contribution is 2.16. The van der Waals surface area contributed by atoms with Gasteiger partial charge in [0.2, 0.25) is 0 Å². The number of hydrogen-bond acceptors (Lipinski definition) is 4. The van der Waals surface area contributed by atoms with Crippen LogP contribution in [0.1, 0.15) is 6.42 Å². The van der Waals surface area contributed by atoms with Gasteiger partial charge < -0.3 is 9.84 Å². The highest BCUT2D eigenvalue weighted by molar-refractivity contribution is 5.76. The first-order valence-corrected chi connectivity index (χ1v) is 3.63. The van der Waals surface area contributed by atoms with Crippen molar-refractivity contribution in [2.75, 3.05) is 20.7 Å². The molecule has 1 fully saturated rings. The van der Waals surface area contributed by atoms with Crippen molar-refractivity contribution < 1.29 is 14.6 Å². The highest BCUT2D eigenvalue weighted by Gasteiger charge is 2.36. The molecule has 0 radical (unpaired) electrons. The van der Waals surface area contributed by atoms with Gasteiger partial charge in [0.1, 0.15) is 6.04 Å². The first-order chi connectivity index (χ1) is 5.16. The first kappa shape index (κ1) is 8.49. The Bertz CT molecular complexity index is 150. The van der Waals surface area contributed by atoms with E-state index in [-0.39, 0.29) is 5.97 Å². The molecule has 0 aliphatic carbocycles. The zero-order valence-corrected chi connectivity index (χ0v) is 6.78. The molecule has 1 rings (SSSR count). The minimum atomic E-state index is -0.563. The van der Waals surface area contributed by atoms with Gasteiger partial charge in [-0.05, 0) is 13.5 Å². The van der Waals surface area contributed by atoms with Crippen LogP contribution in [-0.4, -0.2) is 48.8 Å². The summed E-state index contributed by atoms with van der Waals surface area (Å²) in [5.74, 6) is -0.350. The number of aliphatic hydroxyl groups is 1. The number of methoxy groups -OCH3 is 1. The lowest BCUT2D eigenvalue weighted by molar-refractivity contribution is -0.148. The molecule has 1 heterocycles. The van der Waals surface area contributed by atoms with E-state index >= 15 is 0 Å². The third-order valence-corrected chi connectivity index (χ3v) is 2.06. The van der Waals surface area contributed by atoms with Crippen LogP contribution in [0.5, 0.6) is 0 Å². The Balaban J connectivity index is 2.60. The number of esters is 1. The number of carbonyl (C=O) groups excluding carboxylic acids is 1. The molecule has 64 valence electrons. The molecular formula is C7H13NO3. The van der Waals surface area contributed by atoms with Gasteiger partial charge in [-0.2, -0.15) is 0 Å². The van der Waals surface area contributed by atoms with E-state index in [9.17, 15) is 9.90 Å². The summed E-state index contributed by atoms with van der Waals surface area (Å²) in [6, 6.07) is -0.458. The van der Waals surface area contributed by atoms with Crippen LogP contribution >= 0.6 is 0 Å². The summed E-state index contributed by atoms with van der Waals surface area (Å²) < 4.78 is 4.53. The van der Waals surface area contributed by atoms with E-state index in [1.54, 1.807) is 11.9 Å². The zero-order valence-electron chi connectivity index (χ0n) is 6.78. The zero-order chi connectivity index (χ0) is 8.43. The standard InChI is InChI=1S/C7H13NO3/c1-8-4-3-5(9)6(8)7(10)11-2/h5-6,9H,3-4H2,1-2H3/t5-,6-/m1/s1. The number of ether oxygens (including phenoxy) is 1. The average molecular weight is 159 g/mol. The summed E-state index contributed by atoms with van der Waals surface area (Å²) in [6.45, 7) is 0.751. The third kappa shape index (κ3) is 1.52. The monoisotopic (exact) mass is 159 g/mol. The van der Waals surface area contributed by atoms with E-state index in [0.29, 0.717) is 6.42 Å². The predicted octanol–water partition coefficient (Wildman–Crippen LogP) is -0.776. The minimum Gasteiger partial charge on any atom is -0.468 e. The molecule has 0 bridgehead atoms. The summed E-state index contributed by atoms with van der Waals surface area (Å²) in [7, 11) is 3.14. The van der Waals surface area contributed by atoms with E-state index in [1.807, 2.05) is 0 Å². The Labute approximate surface area is 65.8 Å². The van der Waals surface area contributed by atoms with Crippen LogP contribution in [0, 0.1) is 0 Å². The number of likely N-dealkylation sites (tertiary alicyclic amines) is 1. The van der Waals surface area contributed by atoms with E-state index < -0.39 is 12.1 Å². The second-order valence-corrected chi connectivity index (χ2v) is 2.80. The van der Waals surface area contributed by atoms with Gasteiger partial charge in [0.25, 0.3) is 0 Å². The van der Waals surface area contributed by atoms with Gasteiger partial charge in [-0.3, -0.25) is 9.69 Å². The van der Waals surface area contributed by atoms with Crippen LogP contribution in [0.2, 0.25) is 0 Å².